The van der Waals surface area contributed by atoms with Crippen molar-refractivity contribution in [1.29, 1.82) is 0 Å². The van der Waals surface area contributed by atoms with Crippen LogP contribution in [0.5, 0.6) is 0 Å². The van der Waals surface area contributed by atoms with Crippen molar-refractivity contribution in [2.45, 2.75) is 12.8 Å². The van der Waals surface area contributed by atoms with Crippen molar-refractivity contribution < 1.29 is 23.5 Å². The minimum atomic E-state index is -0.816. The number of hydrogen-bond donors (Lipinski definition) is 1. The standard InChI is InChI=1S/C17H18FNO4/c1-9-13(16(20)22-3)15(11-5-7-12(18)8-6-11)14(10(2)19-9)17(21)23-4/h5-8,13,15,19H,1H2,2-4H3. The van der Waals surface area contributed by atoms with Crippen molar-refractivity contribution in [2.75, 3.05) is 14.2 Å². The lowest BCUT2D eigenvalue weighted by Crippen LogP contribution is -2.39. The van der Waals surface area contributed by atoms with E-state index in [1.54, 1.807) is 6.92 Å². The molecule has 0 aliphatic carbocycles. The summed E-state index contributed by atoms with van der Waals surface area (Å²) in [4.78, 5) is 24.4. The van der Waals surface area contributed by atoms with Crippen LogP contribution >= 0.6 is 0 Å². The molecule has 1 aliphatic rings. The number of esters is 2. The summed E-state index contributed by atoms with van der Waals surface area (Å²) in [6.45, 7) is 5.55. The maximum atomic E-state index is 13.2. The second-order valence-electron chi connectivity index (χ2n) is 5.21. The fourth-order valence-corrected chi connectivity index (χ4v) is 2.81. The molecule has 0 amide bonds. The van der Waals surface area contributed by atoms with E-state index < -0.39 is 29.6 Å². The first-order valence-electron chi connectivity index (χ1n) is 6.98. The fourth-order valence-electron chi connectivity index (χ4n) is 2.81. The van der Waals surface area contributed by atoms with Gasteiger partial charge in [-0.1, -0.05) is 18.7 Å². The number of rotatable bonds is 3. The summed E-state index contributed by atoms with van der Waals surface area (Å²) in [6, 6.07) is 5.62. The topological polar surface area (TPSA) is 64.6 Å². The molecular weight excluding hydrogens is 301 g/mol. The molecular formula is C17H18FNO4. The summed E-state index contributed by atoms with van der Waals surface area (Å²) < 4.78 is 22.9. The summed E-state index contributed by atoms with van der Waals surface area (Å²) in [5, 5.41) is 2.93. The summed E-state index contributed by atoms with van der Waals surface area (Å²) >= 11 is 0. The van der Waals surface area contributed by atoms with Gasteiger partial charge in [-0.25, -0.2) is 9.18 Å². The molecule has 122 valence electrons. The van der Waals surface area contributed by atoms with Gasteiger partial charge >= 0.3 is 11.9 Å². The summed E-state index contributed by atoms with van der Waals surface area (Å²) in [5.74, 6) is -2.99. The first-order valence-corrected chi connectivity index (χ1v) is 6.98. The molecule has 6 heteroatoms. The largest absolute Gasteiger partial charge is 0.468 e. The van der Waals surface area contributed by atoms with Crippen molar-refractivity contribution in [2.24, 2.45) is 5.92 Å². The number of halogens is 1. The highest BCUT2D eigenvalue weighted by Gasteiger charge is 2.42. The van der Waals surface area contributed by atoms with Gasteiger partial charge in [-0.15, -0.1) is 0 Å². The predicted molar refractivity (Wildman–Crippen MR) is 81.6 cm³/mol. The third-order valence-electron chi connectivity index (χ3n) is 3.86. The van der Waals surface area contributed by atoms with E-state index in [2.05, 4.69) is 11.9 Å². The Morgan fingerprint density at radius 1 is 1.17 bits per heavy atom. The molecule has 1 heterocycles. The number of allylic oxidation sites excluding steroid dienone is 1. The second-order valence-corrected chi connectivity index (χ2v) is 5.21. The quantitative estimate of drug-likeness (QED) is 0.866. The van der Waals surface area contributed by atoms with Crippen molar-refractivity contribution in [3.8, 4) is 0 Å². The maximum Gasteiger partial charge on any atom is 0.336 e. The van der Waals surface area contributed by atoms with Crippen LogP contribution in [0.4, 0.5) is 4.39 Å². The molecule has 0 bridgehead atoms. The van der Waals surface area contributed by atoms with Crippen LogP contribution in [0.3, 0.4) is 0 Å². The molecule has 0 radical (unpaired) electrons. The molecule has 2 atom stereocenters. The Hall–Kier alpha value is -2.63. The van der Waals surface area contributed by atoms with E-state index in [4.69, 9.17) is 9.47 Å². The van der Waals surface area contributed by atoms with Gasteiger partial charge in [0.05, 0.1) is 19.8 Å². The van der Waals surface area contributed by atoms with E-state index in [1.807, 2.05) is 0 Å². The van der Waals surface area contributed by atoms with Crippen molar-refractivity contribution in [1.82, 2.24) is 5.32 Å². The van der Waals surface area contributed by atoms with Crippen LogP contribution < -0.4 is 5.32 Å². The van der Waals surface area contributed by atoms with Crippen molar-refractivity contribution in [3.05, 3.63) is 59.2 Å². The van der Waals surface area contributed by atoms with Crippen LogP contribution in [0, 0.1) is 11.7 Å². The smallest absolute Gasteiger partial charge is 0.336 e. The van der Waals surface area contributed by atoms with Gasteiger partial charge in [-0.3, -0.25) is 4.79 Å². The molecule has 0 saturated heterocycles. The van der Waals surface area contributed by atoms with Crippen LogP contribution in [0.15, 0.2) is 47.8 Å². The maximum absolute atomic E-state index is 13.2. The molecule has 0 spiro atoms. The number of hydrogen-bond acceptors (Lipinski definition) is 5. The highest BCUT2D eigenvalue weighted by Crippen LogP contribution is 2.41. The highest BCUT2D eigenvalue weighted by molar-refractivity contribution is 5.94. The molecule has 2 rings (SSSR count). The number of nitrogens with one attached hydrogen (secondary N) is 1. The van der Waals surface area contributed by atoms with Gasteiger partial charge in [-0.05, 0) is 24.6 Å². The van der Waals surface area contributed by atoms with Crippen LogP contribution in [0.1, 0.15) is 18.4 Å². The zero-order valence-corrected chi connectivity index (χ0v) is 13.2. The third kappa shape index (κ3) is 3.11. The zero-order chi connectivity index (χ0) is 17.1. The van der Waals surface area contributed by atoms with Gasteiger partial charge in [0.2, 0.25) is 0 Å². The Labute approximate surface area is 133 Å². The van der Waals surface area contributed by atoms with E-state index in [9.17, 15) is 14.0 Å². The van der Waals surface area contributed by atoms with E-state index in [1.165, 1.54) is 38.5 Å². The van der Waals surface area contributed by atoms with Crippen LogP contribution in [0.25, 0.3) is 0 Å². The second kappa shape index (κ2) is 6.64. The number of carbonyl (C=O) groups is 2. The molecule has 1 aromatic rings. The van der Waals surface area contributed by atoms with Gasteiger partial charge in [0.15, 0.2) is 0 Å². The summed E-state index contributed by atoms with van der Waals surface area (Å²) in [7, 11) is 2.53. The molecule has 5 nitrogen and oxygen atoms in total. The monoisotopic (exact) mass is 319 g/mol. The Bertz CT molecular complexity index is 678. The SMILES string of the molecule is C=C1NC(C)=C(C(=O)OC)C(c2ccc(F)cc2)C1C(=O)OC. The van der Waals surface area contributed by atoms with Crippen LogP contribution in [0.2, 0.25) is 0 Å². The highest BCUT2D eigenvalue weighted by atomic mass is 19.1. The third-order valence-corrected chi connectivity index (χ3v) is 3.86. The molecule has 1 aromatic carbocycles. The van der Waals surface area contributed by atoms with Gasteiger partial charge in [0.1, 0.15) is 11.7 Å². The number of ether oxygens (including phenoxy) is 2. The predicted octanol–water partition coefficient (Wildman–Crippen LogP) is 2.26. The van der Waals surface area contributed by atoms with Crippen LogP contribution in [-0.2, 0) is 19.1 Å². The molecule has 0 fully saturated rings. The molecule has 0 saturated carbocycles. The normalized spacial score (nSPS) is 20.8. The van der Waals surface area contributed by atoms with Crippen molar-refractivity contribution >= 4 is 11.9 Å². The van der Waals surface area contributed by atoms with E-state index >= 15 is 0 Å². The molecule has 23 heavy (non-hydrogen) atoms. The lowest BCUT2D eigenvalue weighted by molar-refractivity contribution is -0.145. The Morgan fingerprint density at radius 3 is 2.30 bits per heavy atom. The zero-order valence-electron chi connectivity index (χ0n) is 13.2. The Kier molecular flexibility index (Phi) is 4.83. The summed E-state index contributed by atoms with van der Waals surface area (Å²) in [6.07, 6.45) is 0. The van der Waals surface area contributed by atoms with Gasteiger partial charge in [0.25, 0.3) is 0 Å². The Balaban J connectivity index is 2.64. The average Bonchev–Trinajstić information content (AvgIpc) is 2.53. The average molecular weight is 319 g/mol. The van der Waals surface area contributed by atoms with Crippen molar-refractivity contribution in [3.63, 3.8) is 0 Å². The lowest BCUT2D eigenvalue weighted by atomic mass is 9.75. The van der Waals surface area contributed by atoms with E-state index in [-0.39, 0.29) is 0 Å². The van der Waals surface area contributed by atoms with Gasteiger partial charge in [0, 0.05) is 17.3 Å². The number of carbonyl (C=O) groups excluding carboxylic acids is 2. The molecule has 1 N–H and O–H groups in total. The molecule has 2 unspecified atom stereocenters. The van der Waals surface area contributed by atoms with E-state index in [0.29, 0.717) is 22.5 Å². The molecule has 0 aromatic heterocycles. The van der Waals surface area contributed by atoms with Gasteiger partial charge < -0.3 is 14.8 Å². The van der Waals surface area contributed by atoms with Crippen LogP contribution in [-0.4, -0.2) is 26.2 Å². The van der Waals surface area contributed by atoms with Gasteiger partial charge in [-0.2, -0.15) is 0 Å². The minimum absolute atomic E-state index is 0.293. The number of benzene rings is 1. The first-order chi connectivity index (χ1) is 10.9. The first kappa shape index (κ1) is 16.7. The Morgan fingerprint density at radius 2 is 1.78 bits per heavy atom. The molecule has 1 aliphatic heterocycles. The summed E-state index contributed by atoms with van der Waals surface area (Å²) in [5.41, 5.74) is 1.85. The minimum Gasteiger partial charge on any atom is -0.468 e. The number of methoxy groups -OCH3 is 2. The lowest BCUT2D eigenvalue weighted by Gasteiger charge is -2.34. The van der Waals surface area contributed by atoms with E-state index in [0.717, 1.165) is 0 Å². The fraction of sp³-hybridized carbons (Fsp3) is 0.294.